The number of hydrogen-bond donors (Lipinski definition) is 2. The monoisotopic (exact) mass is 525 g/mol. The lowest BCUT2D eigenvalue weighted by atomic mass is 9.85. The molecule has 7 nitrogen and oxygen atoms in total. The third-order valence-corrected chi connectivity index (χ3v) is 6.99. The molecule has 0 spiro atoms. The number of nitrogens with zero attached hydrogens (tertiary/aromatic N) is 1. The van der Waals surface area contributed by atoms with Gasteiger partial charge in [-0.3, -0.25) is 0 Å². The zero-order valence-corrected chi connectivity index (χ0v) is 23.2. The fraction of sp³-hybridized carbons (Fsp3) is 0.375. The lowest BCUT2D eigenvalue weighted by Crippen LogP contribution is -2.25. The Morgan fingerprint density at radius 2 is 1.87 bits per heavy atom. The summed E-state index contributed by atoms with van der Waals surface area (Å²) in [4.78, 5) is 17.8. The van der Waals surface area contributed by atoms with Crippen molar-refractivity contribution in [2.24, 2.45) is 0 Å². The van der Waals surface area contributed by atoms with Crippen LogP contribution in [0.1, 0.15) is 56.2 Å². The van der Waals surface area contributed by atoms with Gasteiger partial charge in [0.15, 0.2) is 11.5 Å². The first-order valence-electron chi connectivity index (χ1n) is 13.4. The molecule has 0 saturated carbocycles. The molecule has 0 radical (unpaired) electrons. The van der Waals surface area contributed by atoms with Crippen LogP contribution >= 0.6 is 0 Å². The quantitative estimate of drug-likeness (QED) is 0.278. The highest BCUT2D eigenvalue weighted by molar-refractivity contribution is 6.08. The summed E-state index contributed by atoms with van der Waals surface area (Å²) in [6.07, 6.45) is 2.15. The van der Waals surface area contributed by atoms with Crippen LogP contribution in [-0.4, -0.2) is 36.9 Å². The van der Waals surface area contributed by atoms with E-state index in [-0.39, 0.29) is 17.6 Å². The van der Waals surface area contributed by atoms with E-state index in [9.17, 15) is 4.79 Å². The van der Waals surface area contributed by atoms with E-state index in [0.717, 1.165) is 58.0 Å². The van der Waals surface area contributed by atoms with Crippen molar-refractivity contribution >= 4 is 39.3 Å². The molecule has 1 saturated heterocycles. The maximum atomic E-state index is 13.2. The number of anilines is 2. The van der Waals surface area contributed by atoms with Crippen molar-refractivity contribution in [3.05, 3.63) is 65.0 Å². The number of nitrogens with one attached hydrogen (secondary N) is 2. The molecular formula is C32H35N3O4. The average molecular weight is 526 g/mol. The maximum Gasteiger partial charge on any atom is 0.323 e. The highest BCUT2D eigenvalue weighted by atomic mass is 16.5. The average Bonchev–Trinajstić information content (AvgIpc) is 3.30. The summed E-state index contributed by atoms with van der Waals surface area (Å²) in [7, 11) is 0. The predicted molar refractivity (Wildman–Crippen MR) is 155 cm³/mol. The molecule has 4 aromatic rings. The topological polar surface area (TPSA) is 85.6 Å². The molecule has 5 rings (SSSR count). The van der Waals surface area contributed by atoms with Crippen LogP contribution in [0.4, 0.5) is 16.2 Å². The van der Waals surface area contributed by atoms with Gasteiger partial charge in [-0.05, 0) is 48.8 Å². The minimum Gasteiger partial charge on any atom is -0.441 e. The molecule has 202 valence electrons. The van der Waals surface area contributed by atoms with Crippen LogP contribution < -0.4 is 10.6 Å². The number of urea groups is 1. The number of ether oxygens (including phenoxy) is 2. The molecule has 1 atom stereocenters. The third-order valence-electron chi connectivity index (χ3n) is 6.99. The van der Waals surface area contributed by atoms with E-state index >= 15 is 0 Å². The molecule has 1 unspecified atom stereocenters. The number of amides is 2. The van der Waals surface area contributed by atoms with Gasteiger partial charge < -0.3 is 24.5 Å². The number of hydrogen-bond acceptors (Lipinski definition) is 5. The second-order valence-electron chi connectivity index (χ2n) is 11.0. The van der Waals surface area contributed by atoms with Gasteiger partial charge in [0, 0.05) is 41.3 Å². The van der Waals surface area contributed by atoms with Crippen LogP contribution in [0.3, 0.4) is 0 Å². The van der Waals surface area contributed by atoms with E-state index in [1.54, 1.807) is 0 Å². The zero-order chi connectivity index (χ0) is 27.6. The Labute approximate surface area is 229 Å². The molecular weight excluding hydrogens is 490 g/mol. The smallest absolute Gasteiger partial charge is 0.323 e. The number of benzene rings is 3. The Bertz CT molecular complexity index is 1580. The van der Waals surface area contributed by atoms with Crippen LogP contribution in [0.25, 0.3) is 21.9 Å². The third kappa shape index (κ3) is 5.93. The minimum absolute atomic E-state index is 0.118. The normalized spacial score (nSPS) is 15.7. The number of carbonyl (C=O) groups is 1. The molecule has 2 N–H and O–H groups in total. The van der Waals surface area contributed by atoms with E-state index in [2.05, 4.69) is 48.2 Å². The molecule has 2 heterocycles. The minimum atomic E-state index is -0.329. The van der Waals surface area contributed by atoms with Crippen molar-refractivity contribution in [1.82, 2.24) is 4.98 Å². The van der Waals surface area contributed by atoms with Gasteiger partial charge >= 0.3 is 6.03 Å². The Morgan fingerprint density at radius 3 is 2.62 bits per heavy atom. The Morgan fingerprint density at radius 1 is 1.10 bits per heavy atom. The molecule has 1 fully saturated rings. The summed E-state index contributed by atoms with van der Waals surface area (Å²) < 4.78 is 17.2. The van der Waals surface area contributed by atoms with Gasteiger partial charge in [0.2, 0.25) is 0 Å². The van der Waals surface area contributed by atoms with Gasteiger partial charge in [-0.1, -0.05) is 56.9 Å². The Kier molecular flexibility index (Phi) is 7.60. The van der Waals surface area contributed by atoms with Gasteiger partial charge in [0.05, 0.1) is 18.4 Å². The van der Waals surface area contributed by atoms with Crippen molar-refractivity contribution in [3.8, 4) is 11.8 Å². The molecule has 3 aromatic carbocycles. The number of oxazole rings is 1. The fourth-order valence-electron chi connectivity index (χ4n) is 4.92. The molecule has 1 aliphatic rings. The number of aromatic nitrogens is 1. The second-order valence-corrected chi connectivity index (χ2v) is 11.0. The van der Waals surface area contributed by atoms with Crippen molar-refractivity contribution in [1.29, 1.82) is 0 Å². The number of carbonyl (C=O) groups excluding carboxylic acids is 1. The standard InChI is InChI=1S/C32H35N3O4/c1-20-28(18-26(32(3,4)5)30-29(20)33-21(2)39-30)35-31(36)34-27-15-14-22(24-12-6-7-13-25(24)27)10-8-17-38-23-11-9-16-37-19-23/h6-7,12-15,18,23H,9,11,16-17,19H2,1-5H3,(H2,34,35,36). The highest BCUT2D eigenvalue weighted by Gasteiger charge is 2.24. The molecule has 0 bridgehead atoms. The van der Waals surface area contributed by atoms with E-state index in [0.29, 0.717) is 30.5 Å². The van der Waals surface area contributed by atoms with Crippen molar-refractivity contribution in [2.75, 3.05) is 30.5 Å². The van der Waals surface area contributed by atoms with Gasteiger partial charge in [0.25, 0.3) is 0 Å². The van der Waals surface area contributed by atoms with Crippen LogP contribution in [0.2, 0.25) is 0 Å². The van der Waals surface area contributed by atoms with Crippen molar-refractivity contribution in [2.45, 2.75) is 59.0 Å². The van der Waals surface area contributed by atoms with E-state index in [4.69, 9.17) is 13.9 Å². The predicted octanol–water partition coefficient (Wildman–Crippen LogP) is 7.09. The van der Waals surface area contributed by atoms with Gasteiger partial charge in [-0.2, -0.15) is 0 Å². The Hall–Kier alpha value is -3.86. The van der Waals surface area contributed by atoms with Gasteiger partial charge in [-0.15, -0.1) is 0 Å². The van der Waals surface area contributed by atoms with Crippen LogP contribution in [0, 0.1) is 25.7 Å². The highest BCUT2D eigenvalue weighted by Crippen LogP contribution is 2.36. The number of fused-ring (bicyclic) bond motifs is 2. The zero-order valence-electron chi connectivity index (χ0n) is 23.2. The summed E-state index contributed by atoms with van der Waals surface area (Å²) >= 11 is 0. The number of aryl methyl sites for hydroxylation is 2. The summed E-state index contributed by atoms with van der Waals surface area (Å²) in [6, 6.07) is 13.4. The molecule has 0 aliphatic carbocycles. The van der Waals surface area contributed by atoms with Crippen LogP contribution in [0.15, 0.2) is 46.9 Å². The lowest BCUT2D eigenvalue weighted by molar-refractivity contribution is -0.0393. The first-order valence-corrected chi connectivity index (χ1v) is 13.4. The first kappa shape index (κ1) is 26.7. The first-order chi connectivity index (χ1) is 18.7. The van der Waals surface area contributed by atoms with E-state index in [1.165, 1.54) is 0 Å². The summed E-state index contributed by atoms with van der Waals surface area (Å²) in [5.74, 6) is 6.97. The number of rotatable bonds is 4. The summed E-state index contributed by atoms with van der Waals surface area (Å²) in [5, 5.41) is 7.95. The van der Waals surface area contributed by atoms with Gasteiger partial charge in [-0.25, -0.2) is 9.78 Å². The maximum absolute atomic E-state index is 13.2. The molecule has 2 amide bonds. The summed E-state index contributed by atoms with van der Waals surface area (Å²) in [6.45, 7) is 11.9. The van der Waals surface area contributed by atoms with E-state index < -0.39 is 0 Å². The van der Waals surface area contributed by atoms with Crippen molar-refractivity contribution in [3.63, 3.8) is 0 Å². The lowest BCUT2D eigenvalue weighted by Gasteiger charge is -2.21. The molecule has 1 aliphatic heterocycles. The van der Waals surface area contributed by atoms with Crippen LogP contribution in [-0.2, 0) is 14.9 Å². The van der Waals surface area contributed by atoms with Gasteiger partial charge in [0.1, 0.15) is 12.1 Å². The van der Waals surface area contributed by atoms with Crippen LogP contribution in [0.5, 0.6) is 0 Å². The van der Waals surface area contributed by atoms with Crippen molar-refractivity contribution < 1.29 is 18.7 Å². The summed E-state index contributed by atoms with van der Waals surface area (Å²) in [5.41, 5.74) is 5.50. The SMILES string of the molecule is Cc1nc2c(C)c(NC(=O)Nc3ccc(C#CCOC4CCCOC4)c4ccccc34)cc(C(C)(C)C)c2o1. The van der Waals surface area contributed by atoms with E-state index in [1.807, 2.05) is 56.3 Å². The second kappa shape index (κ2) is 11.1. The molecule has 1 aromatic heterocycles. The fourth-order valence-corrected chi connectivity index (χ4v) is 4.92. The Balaban J connectivity index is 1.36. The molecule has 39 heavy (non-hydrogen) atoms. The largest absolute Gasteiger partial charge is 0.441 e. The molecule has 7 heteroatoms.